The molecule has 72 valence electrons. The molecule has 0 unspecified atom stereocenters. The second-order valence-electron chi connectivity index (χ2n) is 3.60. The number of hydrogen-bond acceptors (Lipinski definition) is 3. The highest BCUT2D eigenvalue weighted by atomic mass is 16.6. The molecule has 3 amide bonds. The summed E-state index contributed by atoms with van der Waals surface area (Å²) >= 11 is 0. The molecule has 0 aromatic heterocycles. The second kappa shape index (κ2) is 2.27. The Labute approximate surface area is 75.2 Å². The molecule has 0 aromatic carbocycles. The SMILES string of the molecule is CN1CC2(CN(C(N)=O)C2)OC1=O. The molecule has 0 aromatic rings. The molecule has 2 rings (SSSR count). The molecule has 1 spiro atoms. The molecule has 13 heavy (non-hydrogen) atoms. The van der Waals surface area contributed by atoms with Gasteiger partial charge >= 0.3 is 12.1 Å². The molecule has 2 aliphatic heterocycles. The highest BCUT2D eigenvalue weighted by Gasteiger charge is 2.53. The zero-order valence-electron chi connectivity index (χ0n) is 7.32. The normalized spacial score (nSPS) is 24.5. The summed E-state index contributed by atoms with van der Waals surface area (Å²) in [7, 11) is 1.67. The number of amides is 3. The number of hydrogen-bond donors (Lipinski definition) is 1. The predicted octanol–water partition coefficient (Wildman–Crippen LogP) is -0.799. The van der Waals surface area contributed by atoms with Crippen LogP contribution in [-0.4, -0.2) is 54.2 Å². The largest absolute Gasteiger partial charge is 0.437 e. The molecular formula is C7H11N3O3. The topological polar surface area (TPSA) is 75.9 Å². The van der Waals surface area contributed by atoms with Crippen molar-refractivity contribution in [2.75, 3.05) is 26.7 Å². The number of carbonyl (C=O) groups is 2. The van der Waals surface area contributed by atoms with Crippen molar-refractivity contribution in [3.05, 3.63) is 0 Å². The van der Waals surface area contributed by atoms with Crippen LogP contribution in [0.25, 0.3) is 0 Å². The maximum atomic E-state index is 11.0. The van der Waals surface area contributed by atoms with E-state index in [2.05, 4.69) is 0 Å². The van der Waals surface area contributed by atoms with Crippen LogP contribution in [0.1, 0.15) is 0 Å². The quantitative estimate of drug-likeness (QED) is 0.537. The van der Waals surface area contributed by atoms with Gasteiger partial charge in [0.25, 0.3) is 0 Å². The van der Waals surface area contributed by atoms with Gasteiger partial charge < -0.3 is 20.3 Å². The molecule has 0 aliphatic carbocycles. The molecule has 0 saturated carbocycles. The van der Waals surface area contributed by atoms with Crippen LogP contribution in [-0.2, 0) is 4.74 Å². The van der Waals surface area contributed by atoms with Crippen LogP contribution in [0.15, 0.2) is 0 Å². The Bertz CT molecular complexity index is 272. The van der Waals surface area contributed by atoms with Crippen LogP contribution >= 0.6 is 0 Å². The van der Waals surface area contributed by atoms with Crippen molar-refractivity contribution in [2.45, 2.75) is 5.60 Å². The molecule has 2 N–H and O–H groups in total. The first-order valence-electron chi connectivity index (χ1n) is 4.01. The van der Waals surface area contributed by atoms with Crippen LogP contribution in [0, 0.1) is 0 Å². The first kappa shape index (κ1) is 8.15. The molecule has 6 heteroatoms. The van der Waals surface area contributed by atoms with E-state index >= 15 is 0 Å². The van der Waals surface area contributed by atoms with Crippen LogP contribution in [0.3, 0.4) is 0 Å². The molecule has 0 atom stereocenters. The van der Waals surface area contributed by atoms with Crippen molar-refractivity contribution < 1.29 is 14.3 Å². The van der Waals surface area contributed by atoms with Gasteiger partial charge in [-0.05, 0) is 0 Å². The lowest BCUT2D eigenvalue weighted by Crippen LogP contribution is -2.66. The van der Waals surface area contributed by atoms with E-state index in [9.17, 15) is 9.59 Å². The van der Waals surface area contributed by atoms with E-state index in [1.165, 1.54) is 9.80 Å². The van der Waals surface area contributed by atoms with Gasteiger partial charge in [0, 0.05) is 7.05 Å². The average molecular weight is 185 g/mol. The number of urea groups is 1. The summed E-state index contributed by atoms with van der Waals surface area (Å²) in [5, 5.41) is 0. The van der Waals surface area contributed by atoms with Gasteiger partial charge in [-0.3, -0.25) is 0 Å². The molecule has 6 nitrogen and oxygen atoms in total. The summed E-state index contributed by atoms with van der Waals surface area (Å²) < 4.78 is 5.12. The van der Waals surface area contributed by atoms with Crippen molar-refractivity contribution in [1.29, 1.82) is 0 Å². The first-order valence-corrected chi connectivity index (χ1v) is 4.01. The molecular weight excluding hydrogens is 174 g/mol. The third-order valence-corrected chi connectivity index (χ3v) is 2.41. The van der Waals surface area contributed by atoms with Crippen LogP contribution < -0.4 is 5.73 Å². The minimum atomic E-state index is -0.485. The lowest BCUT2D eigenvalue weighted by atomic mass is 9.95. The maximum Gasteiger partial charge on any atom is 0.410 e. The summed E-state index contributed by atoms with van der Waals surface area (Å²) in [5.74, 6) is 0. The summed E-state index contributed by atoms with van der Waals surface area (Å²) in [6.45, 7) is 1.37. The van der Waals surface area contributed by atoms with E-state index in [4.69, 9.17) is 10.5 Å². The minimum Gasteiger partial charge on any atom is -0.437 e. The lowest BCUT2D eigenvalue weighted by Gasteiger charge is -2.44. The summed E-state index contributed by atoms with van der Waals surface area (Å²) in [6, 6.07) is -0.462. The first-order chi connectivity index (χ1) is 6.02. The van der Waals surface area contributed by atoms with Gasteiger partial charge in [0.15, 0.2) is 5.60 Å². The lowest BCUT2D eigenvalue weighted by molar-refractivity contribution is -0.0497. The summed E-state index contributed by atoms with van der Waals surface area (Å²) in [4.78, 5) is 24.7. The number of likely N-dealkylation sites (tertiary alicyclic amines) is 1. The van der Waals surface area contributed by atoms with Crippen molar-refractivity contribution in [3.63, 3.8) is 0 Å². The molecule has 0 bridgehead atoms. The fourth-order valence-corrected chi connectivity index (χ4v) is 1.76. The predicted molar refractivity (Wildman–Crippen MR) is 43.0 cm³/mol. The number of nitrogens with two attached hydrogens (primary N) is 1. The Morgan fingerprint density at radius 2 is 2.15 bits per heavy atom. The van der Waals surface area contributed by atoms with Gasteiger partial charge in [0.2, 0.25) is 0 Å². The van der Waals surface area contributed by atoms with Crippen molar-refractivity contribution in [1.82, 2.24) is 9.80 Å². The molecule has 2 saturated heterocycles. The highest BCUT2D eigenvalue weighted by Crippen LogP contribution is 2.31. The zero-order chi connectivity index (χ0) is 9.64. The van der Waals surface area contributed by atoms with Gasteiger partial charge in [-0.15, -0.1) is 0 Å². The van der Waals surface area contributed by atoms with Crippen LogP contribution in [0.5, 0.6) is 0 Å². The molecule has 2 fully saturated rings. The van der Waals surface area contributed by atoms with E-state index in [-0.39, 0.29) is 6.09 Å². The van der Waals surface area contributed by atoms with Crippen LogP contribution in [0.2, 0.25) is 0 Å². The Balaban J connectivity index is 1.98. The Hall–Kier alpha value is -1.46. The summed E-state index contributed by atoms with van der Waals surface area (Å²) in [5.41, 5.74) is 4.57. The fourth-order valence-electron chi connectivity index (χ4n) is 1.76. The van der Waals surface area contributed by atoms with E-state index in [0.29, 0.717) is 19.6 Å². The van der Waals surface area contributed by atoms with Gasteiger partial charge in [-0.25, -0.2) is 9.59 Å². The second-order valence-corrected chi connectivity index (χ2v) is 3.60. The van der Waals surface area contributed by atoms with Crippen molar-refractivity contribution in [2.24, 2.45) is 5.73 Å². The van der Waals surface area contributed by atoms with Gasteiger partial charge in [0.1, 0.15) is 0 Å². The minimum absolute atomic E-state index is 0.330. The standard InChI is InChI=1S/C7H11N3O3/c1-9-2-7(13-6(9)12)3-10(4-7)5(8)11/h2-4H2,1H3,(H2,8,11). The van der Waals surface area contributed by atoms with Crippen molar-refractivity contribution in [3.8, 4) is 0 Å². The van der Waals surface area contributed by atoms with E-state index < -0.39 is 11.6 Å². The number of primary amides is 1. The molecule has 0 radical (unpaired) electrons. The average Bonchev–Trinajstić information content (AvgIpc) is 2.24. The summed E-state index contributed by atoms with van der Waals surface area (Å²) in [6.07, 6.45) is -0.330. The Morgan fingerprint density at radius 1 is 1.54 bits per heavy atom. The van der Waals surface area contributed by atoms with E-state index in [1.54, 1.807) is 7.05 Å². The van der Waals surface area contributed by atoms with Crippen molar-refractivity contribution >= 4 is 12.1 Å². The zero-order valence-corrected chi connectivity index (χ0v) is 7.32. The van der Waals surface area contributed by atoms with E-state index in [0.717, 1.165) is 0 Å². The maximum absolute atomic E-state index is 11.0. The molecule has 2 heterocycles. The fraction of sp³-hybridized carbons (Fsp3) is 0.714. The van der Waals surface area contributed by atoms with Crippen LogP contribution in [0.4, 0.5) is 9.59 Å². The third-order valence-electron chi connectivity index (χ3n) is 2.41. The number of rotatable bonds is 0. The number of carbonyl (C=O) groups excluding carboxylic acids is 2. The number of ether oxygens (including phenoxy) is 1. The third kappa shape index (κ3) is 1.09. The Kier molecular flexibility index (Phi) is 1.43. The number of nitrogens with zero attached hydrogens (tertiary/aromatic N) is 2. The monoisotopic (exact) mass is 185 g/mol. The van der Waals surface area contributed by atoms with E-state index in [1.807, 2.05) is 0 Å². The highest BCUT2D eigenvalue weighted by molar-refractivity contribution is 5.75. The van der Waals surface area contributed by atoms with Gasteiger partial charge in [0.05, 0.1) is 19.6 Å². The number of likely N-dealkylation sites (N-methyl/N-ethyl adjacent to an activating group) is 1. The Morgan fingerprint density at radius 3 is 2.54 bits per heavy atom. The van der Waals surface area contributed by atoms with Gasteiger partial charge in [-0.2, -0.15) is 0 Å². The molecule has 2 aliphatic rings. The smallest absolute Gasteiger partial charge is 0.410 e. The van der Waals surface area contributed by atoms with Gasteiger partial charge in [-0.1, -0.05) is 0 Å².